The zero-order valence-corrected chi connectivity index (χ0v) is 18.4. The van der Waals surface area contributed by atoms with Crippen LogP contribution in [-0.4, -0.2) is 46.2 Å². The average Bonchev–Trinajstić information content (AvgIpc) is 3.55. The number of oxime groups is 1. The number of anilines is 1. The van der Waals surface area contributed by atoms with Crippen molar-refractivity contribution in [1.82, 2.24) is 9.47 Å². The number of rotatable bonds is 7. The van der Waals surface area contributed by atoms with Crippen LogP contribution in [0.15, 0.2) is 90.9 Å². The second-order valence-corrected chi connectivity index (χ2v) is 7.68. The highest BCUT2D eigenvalue weighted by Gasteiger charge is 2.38. The van der Waals surface area contributed by atoms with Crippen molar-refractivity contribution in [2.24, 2.45) is 5.16 Å². The summed E-state index contributed by atoms with van der Waals surface area (Å²) in [6, 6.07) is 18.8. The highest BCUT2D eigenvalue weighted by atomic mass is 16.6. The van der Waals surface area contributed by atoms with Crippen molar-refractivity contribution in [3.8, 4) is 11.8 Å². The third-order valence-corrected chi connectivity index (χ3v) is 5.41. The van der Waals surface area contributed by atoms with E-state index >= 15 is 0 Å². The monoisotopic (exact) mass is 453 g/mol. The first-order valence-electron chi connectivity index (χ1n) is 10.7. The lowest BCUT2D eigenvalue weighted by molar-refractivity contribution is -0.119. The van der Waals surface area contributed by atoms with Gasteiger partial charge in [-0.3, -0.25) is 9.59 Å². The number of nitrogens with zero attached hydrogens (tertiary/aromatic N) is 4. The molecule has 0 saturated carbocycles. The van der Waals surface area contributed by atoms with Crippen molar-refractivity contribution < 1.29 is 14.4 Å². The minimum atomic E-state index is -0.771. The molecule has 1 fully saturated rings. The van der Waals surface area contributed by atoms with Gasteiger partial charge in [-0.25, -0.2) is 0 Å². The molecule has 1 saturated heterocycles. The third kappa shape index (κ3) is 4.89. The van der Waals surface area contributed by atoms with Crippen molar-refractivity contribution in [2.75, 3.05) is 18.5 Å². The summed E-state index contributed by atoms with van der Waals surface area (Å²) < 4.78 is 1.90. The van der Waals surface area contributed by atoms with Gasteiger partial charge in [0.1, 0.15) is 12.6 Å². The van der Waals surface area contributed by atoms with Crippen LogP contribution in [0.2, 0.25) is 0 Å². The summed E-state index contributed by atoms with van der Waals surface area (Å²) in [6.45, 7) is 3.98. The van der Waals surface area contributed by atoms with Crippen LogP contribution in [0.25, 0.3) is 5.69 Å². The molecular formula is C26H23N5O3. The van der Waals surface area contributed by atoms with E-state index in [1.54, 1.807) is 30.3 Å². The predicted octanol–water partition coefficient (Wildman–Crippen LogP) is 3.76. The van der Waals surface area contributed by atoms with E-state index in [4.69, 9.17) is 10.1 Å². The molecule has 1 N–H and O–H groups in total. The number of benzene rings is 2. The second-order valence-electron chi connectivity index (χ2n) is 7.68. The molecule has 8 heteroatoms. The Bertz CT molecular complexity index is 1260. The molecule has 0 radical (unpaired) electrons. The minimum absolute atomic E-state index is 0.160. The molecule has 2 amide bonds. The van der Waals surface area contributed by atoms with Crippen LogP contribution < -0.4 is 5.32 Å². The maximum absolute atomic E-state index is 13.4. The summed E-state index contributed by atoms with van der Waals surface area (Å²) in [4.78, 5) is 33.4. The van der Waals surface area contributed by atoms with Gasteiger partial charge in [0.15, 0.2) is 0 Å². The lowest BCUT2D eigenvalue weighted by Crippen LogP contribution is -2.43. The quantitative estimate of drug-likeness (QED) is 0.334. The third-order valence-electron chi connectivity index (χ3n) is 5.41. The second kappa shape index (κ2) is 10.3. The molecule has 0 unspecified atom stereocenters. The Balaban J connectivity index is 1.60. The van der Waals surface area contributed by atoms with Gasteiger partial charge in [0.05, 0.1) is 35.3 Å². The van der Waals surface area contributed by atoms with E-state index < -0.39 is 6.04 Å². The van der Waals surface area contributed by atoms with Gasteiger partial charge in [-0.1, -0.05) is 29.9 Å². The normalized spacial score (nSPS) is 16.1. The average molecular weight is 454 g/mol. The molecule has 170 valence electrons. The van der Waals surface area contributed by atoms with Crippen molar-refractivity contribution in [1.29, 1.82) is 5.26 Å². The first-order chi connectivity index (χ1) is 16.6. The van der Waals surface area contributed by atoms with E-state index in [2.05, 4.69) is 17.1 Å². The maximum atomic E-state index is 13.4. The number of carbonyl (C=O) groups excluding carboxylic acids is 2. The number of aromatic nitrogens is 1. The summed E-state index contributed by atoms with van der Waals surface area (Å²) in [7, 11) is 0. The summed E-state index contributed by atoms with van der Waals surface area (Å²) in [5.74, 6) is -0.646. The van der Waals surface area contributed by atoms with Crippen LogP contribution in [-0.2, 0) is 9.63 Å². The number of hydrogen-bond donors (Lipinski definition) is 1. The van der Waals surface area contributed by atoms with Gasteiger partial charge in [0.2, 0.25) is 5.91 Å². The highest BCUT2D eigenvalue weighted by Crippen LogP contribution is 2.24. The van der Waals surface area contributed by atoms with Gasteiger partial charge < -0.3 is 19.6 Å². The van der Waals surface area contributed by atoms with Gasteiger partial charge in [0.25, 0.3) is 5.91 Å². The first kappa shape index (κ1) is 22.6. The van der Waals surface area contributed by atoms with E-state index in [0.717, 1.165) is 5.69 Å². The summed E-state index contributed by atoms with van der Waals surface area (Å²) >= 11 is 0. The molecule has 1 aliphatic heterocycles. The number of likely N-dealkylation sites (tertiary alicyclic amines) is 1. The van der Waals surface area contributed by atoms with Crippen molar-refractivity contribution in [3.05, 3.63) is 96.8 Å². The van der Waals surface area contributed by atoms with Gasteiger partial charge in [-0.05, 0) is 48.5 Å². The Hall–Kier alpha value is -4.64. The Morgan fingerprint density at radius 3 is 2.59 bits per heavy atom. The fraction of sp³-hybridized carbons (Fsp3) is 0.154. The molecule has 2 heterocycles. The van der Waals surface area contributed by atoms with Crippen LogP contribution in [0.4, 0.5) is 5.69 Å². The molecule has 1 aliphatic rings. The van der Waals surface area contributed by atoms with Gasteiger partial charge in [-0.15, -0.1) is 0 Å². The van der Waals surface area contributed by atoms with Crippen LogP contribution in [0, 0.1) is 11.3 Å². The molecule has 3 aromatic rings. The number of nitrogens with one attached hydrogen (secondary N) is 1. The summed E-state index contributed by atoms with van der Waals surface area (Å²) in [6.07, 6.45) is 5.60. The number of para-hydroxylation sites is 2. The Kier molecular flexibility index (Phi) is 6.84. The SMILES string of the molecule is C=CCO/N=C1\C[C@@H](C(=O)Nc2ccccc2-n2cccc2)N(C(=O)c2ccc(C#N)cc2)C1. The standard InChI is InChI=1S/C26H23N5O3/c1-2-15-34-29-21-16-24(31(18-21)26(33)20-11-9-19(17-27)10-12-20)25(32)28-22-7-3-4-8-23(22)30-13-5-6-14-30/h2-14,24H,1,15-16,18H2,(H,28,32)/b29-21+/t24-/m0/s1. The van der Waals surface area contributed by atoms with Gasteiger partial charge in [0, 0.05) is 24.4 Å². The number of carbonyl (C=O) groups is 2. The van der Waals surface area contributed by atoms with Crippen LogP contribution in [0.1, 0.15) is 22.3 Å². The summed E-state index contributed by atoms with van der Waals surface area (Å²) in [5.41, 5.74) is 2.87. The lowest BCUT2D eigenvalue weighted by atomic mass is 10.1. The smallest absolute Gasteiger partial charge is 0.254 e. The van der Waals surface area contributed by atoms with E-state index in [-0.39, 0.29) is 31.4 Å². The fourth-order valence-corrected chi connectivity index (χ4v) is 3.77. The van der Waals surface area contributed by atoms with Crippen molar-refractivity contribution in [2.45, 2.75) is 12.5 Å². The number of nitriles is 1. The number of amides is 2. The van der Waals surface area contributed by atoms with Gasteiger partial charge in [-0.2, -0.15) is 5.26 Å². The predicted molar refractivity (Wildman–Crippen MR) is 129 cm³/mol. The molecule has 0 spiro atoms. The molecule has 1 aromatic heterocycles. The van der Waals surface area contributed by atoms with Crippen molar-refractivity contribution >= 4 is 23.2 Å². The first-order valence-corrected chi connectivity index (χ1v) is 10.7. The Morgan fingerprint density at radius 1 is 1.15 bits per heavy atom. The zero-order chi connectivity index (χ0) is 23.9. The fourth-order valence-electron chi connectivity index (χ4n) is 3.77. The molecule has 0 aliphatic carbocycles. The molecule has 2 aromatic carbocycles. The zero-order valence-electron chi connectivity index (χ0n) is 18.4. The molecular weight excluding hydrogens is 430 g/mol. The molecule has 4 rings (SSSR count). The topological polar surface area (TPSA) is 99.7 Å². The van der Waals surface area contributed by atoms with Crippen LogP contribution >= 0.6 is 0 Å². The number of hydrogen-bond acceptors (Lipinski definition) is 5. The van der Waals surface area contributed by atoms with E-state index in [1.807, 2.05) is 59.4 Å². The Labute approximate surface area is 197 Å². The van der Waals surface area contributed by atoms with E-state index in [1.165, 1.54) is 4.90 Å². The van der Waals surface area contributed by atoms with E-state index in [0.29, 0.717) is 22.5 Å². The Morgan fingerprint density at radius 2 is 1.88 bits per heavy atom. The minimum Gasteiger partial charge on any atom is -0.392 e. The summed E-state index contributed by atoms with van der Waals surface area (Å²) in [5, 5.41) is 16.1. The highest BCUT2D eigenvalue weighted by molar-refractivity contribution is 6.08. The lowest BCUT2D eigenvalue weighted by Gasteiger charge is -2.24. The molecule has 8 nitrogen and oxygen atoms in total. The molecule has 0 bridgehead atoms. The van der Waals surface area contributed by atoms with Crippen LogP contribution in [0.5, 0.6) is 0 Å². The van der Waals surface area contributed by atoms with Gasteiger partial charge >= 0.3 is 0 Å². The largest absolute Gasteiger partial charge is 0.392 e. The van der Waals surface area contributed by atoms with Crippen molar-refractivity contribution in [3.63, 3.8) is 0 Å². The molecule has 1 atom stereocenters. The van der Waals surface area contributed by atoms with Crippen LogP contribution in [0.3, 0.4) is 0 Å². The van der Waals surface area contributed by atoms with E-state index in [9.17, 15) is 9.59 Å². The molecule has 34 heavy (non-hydrogen) atoms. The maximum Gasteiger partial charge on any atom is 0.254 e.